The number of halogens is 1. The summed E-state index contributed by atoms with van der Waals surface area (Å²) in [6.07, 6.45) is 1.12. The number of carboxylic acids is 2. The van der Waals surface area contributed by atoms with Crippen LogP contribution in [0.2, 0.25) is 5.02 Å². The van der Waals surface area contributed by atoms with Crippen LogP contribution in [0.4, 0.5) is 5.69 Å². The molecule has 0 aromatic heterocycles. The number of hydrogen-bond acceptors (Lipinski definition) is 5. The maximum Gasteiger partial charge on any atom is 0.328 e. The lowest BCUT2D eigenvalue weighted by atomic mass is 10.1. The molecule has 7 nitrogen and oxygen atoms in total. The van der Waals surface area contributed by atoms with Crippen LogP contribution in [0.15, 0.2) is 54.6 Å². The first-order valence-electron chi connectivity index (χ1n) is 7.57. The van der Waals surface area contributed by atoms with Crippen LogP contribution >= 0.6 is 11.6 Å². The number of carbonyl (C=O) groups is 2. The number of rotatable bonds is 3. The first kappa shape index (κ1) is 19.3. The van der Waals surface area contributed by atoms with E-state index < -0.39 is 11.9 Å². The van der Waals surface area contributed by atoms with Crippen molar-refractivity contribution in [2.24, 2.45) is 5.73 Å². The standard InChI is InChI=1S/C14H13ClN2O.C4H4O4/c15-9-5-6-11-14(7-9)18-13-4-2-1-3-10(13)12(8-16)17-11;5-3(6)1-2-4(7)8/h1-7,12,17H,8,16H2;1-2H,(H,5,6)(H,7,8)/b;2-1+. The minimum absolute atomic E-state index is 0.0450. The van der Waals surface area contributed by atoms with Crippen molar-refractivity contribution in [2.45, 2.75) is 6.04 Å². The molecular weight excluding hydrogens is 360 g/mol. The maximum absolute atomic E-state index is 9.55. The number of nitrogens with one attached hydrogen (secondary N) is 1. The quantitative estimate of drug-likeness (QED) is 0.606. The lowest BCUT2D eigenvalue weighted by Gasteiger charge is -2.16. The van der Waals surface area contributed by atoms with Crippen LogP contribution < -0.4 is 15.8 Å². The molecule has 0 fully saturated rings. The molecule has 5 N–H and O–H groups in total. The van der Waals surface area contributed by atoms with Gasteiger partial charge in [0.25, 0.3) is 0 Å². The third kappa shape index (κ3) is 5.23. The Hall–Kier alpha value is -3.03. The van der Waals surface area contributed by atoms with Gasteiger partial charge >= 0.3 is 11.9 Å². The van der Waals surface area contributed by atoms with Gasteiger partial charge in [-0.15, -0.1) is 0 Å². The highest BCUT2D eigenvalue weighted by Crippen LogP contribution is 2.40. The molecule has 0 saturated heterocycles. The third-order valence-electron chi connectivity index (χ3n) is 3.39. The van der Waals surface area contributed by atoms with E-state index in [0.29, 0.717) is 23.7 Å². The second-order valence-electron chi connectivity index (χ2n) is 5.22. The average molecular weight is 377 g/mol. The number of nitrogens with two attached hydrogens (primary N) is 1. The van der Waals surface area contributed by atoms with Gasteiger partial charge in [-0.1, -0.05) is 29.8 Å². The molecule has 1 aliphatic heterocycles. The van der Waals surface area contributed by atoms with E-state index in [-0.39, 0.29) is 6.04 Å². The fourth-order valence-electron chi connectivity index (χ4n) is 2.27. The van der Waals surface area contributed by atoms with Gasteiger partial charge in [-0.2, -0.15) is 0 Å². The second-order valence-corrected chi connectivity index (χ2v) is 5.66. The number of aliphatic carboxylic acids is 2. The van der Waals surface area contributed by atoms with Crippen LogP contribution in [0.3, 0.4) is 0 Å². The minimum Gasteiger partial charge on any atom is -0.478 e. The Morgan fingerprint density at radius 3 is 2.38 bits per heavy atom. The highest BCUT2D eigenvalue weighted by Gasteiger charge is 2.21. The van der Waals surface area contributed by atoms with Crippen LogP contribution in [0, 0.1) is 0 Å². The predicted molar refractivity (Wildman–Crippen MR) is 97.8 cm³/mol. The van der Waals surface area contributed by atoms with E-state index in [4.69, 9.17) is 32.3 Å². The molecule has 1 heterocycles. The number of para-hydroxylation sites is 1. The molecule has 1 atom stereocenters. The average Bonchev–Trinajstić information content (AvgIpc) is 2.76. The zero-order valence-electron chi connectivity index (χ0n) is 13.6. The van der Waals surface area contributed by atoms with E-state index in [1.165, 1.54) is 0 Å². The van der Waals surface area contributed by atoms with Gasteiger partial charge in [0, 0.05) is 35.3 Å². The fourth-order valence-corrected chi connectivity index (χ4v) is 2.44. The molecule has 2 aromatic rings. The zero-order valence-corrected chi connectivity index (χ0v) is 14.3. The summed E-state index contributed by atoms with van der Waals surface area (Å²) in [7, 11) is 0. The van der Waals surface area contributed by atoms with Gasteiger partial charge in [-0.05, 0) is 18.2 Å². The molecule has 0 radical (unpaired) electrons. The highest BCUT2D eigenvalue weighted by molar-refractivity contribution is 6.30. The van der Waals surface area contributed by atoms with Crippen LogP contribution in [-0.4, -0.2) is 28.7 Å². The molecule has 1 unspecified atom stereocenters. The Bertz CT molecular complexity index is 822. The number of anilines is 1. The van der Waals surface area contributed by atoms with Crippen molar-refractivity contribution < 1.29 is 24.5 Å². The lowest BCUT2D eigenvalue weighted by Crippen LogP contribution is -2.19. The molecular formula is C18H17ClN2O5. The van der Waals surface area contributed by atoms with E-state index >= 15 is 0 Å². The first-order chi connectivity index (χ1) is 12.4. The van der Waals surface area contributed by atoms with Crippen molar-refractivity contribution in [2.75, 3.05) is 11.9 Å². The van der Waals surface area contributed by atoms with E-state index in [9.17, 15) is 9.59 Å². The van der Waals surface area contributed by atoms with Crippen LogP contribution in [-0.2, 0) is 9.59 Å². The van der Waals surface area contributed by atoms with E-state index in [0.717, 1.165) is 22.7 Å². The smallest absolute Gasteiger partial charge is 0.328 e. The van der Waals surface area contributed by atoms with E-state index in [2.05, 4.69) is 5.32 Å². The van der Waals surface area contributed by atoms with Crippen molar-refractivity contribution in [3.8, 4) is 11.5 Å². The van der Waals surface area contributed by atoms with Crippen molar-refractivity contribution in [3.63, 3.8) is 0 Å². The Morgan fingerprint density at radius 2 is 1.77 bits per heavy atom. The largest absolute Gasteiger partial charge is 0.478 e. The summed E-state index contributed by atoms with van der Waals surface area (Å²) in [6, 6.07) is 13.5. The predicted octanol–water partition coefficient (Wildman–Crippen LogP) is 3.27. The SMILES string of the molecule is NCC1Nc2ccc(Cl)cc2Oc2ccccc21.O=C(O)/C=C/C(=O)O. The molecule has 2 aromatic carbocycles. The molecule has 0 saturated carbocycles. The third-order valence-corrected chi connectivity index (χ3v) is 3.63. The van der Waals surface area contributed by atoms with Crippen molar-refractivity contribution in [1.82, 2.24) is 0 Å². The first-order valence-corrected chi connectivity index (χ1v) is 7.95. The molecule has 0 amide bonds. The van der Waals surface area contributed by atoms with Crippen molar-refractivity contribution in [3.05, 3.63) is 65.2 Å². The Kier molecular flexibility index (Phi) is 6.60. The Morgan fingerprint density at radius 1 is 1.12 bits per heavy atom. The van der Waals surface area contributed by atoms with Gasteiger partial charge in [0.2, 0.25) is 0 Å². The molecule has 0 bridgehead atoms. The molecule has 136 valence electrons. The maximum atomic E-state index is 9.55. The summed E-state index contributed by atoms with van der Waals surface area (Å²) in [5.74, 6) is -0.966. The topological polar surface area (TPSA) is 122 Å². The number of benzene rings is 2. The summed E-state index contributed by atoms with van der Waals surface area (Å²) >= 11 is 5.99. The molecule has 8 heteroatoms. The van der Waals surface area contributed by atoms with Gasteiger partial charge in [0.05, 0.1) is 11.7 Å². The Balaban J connectivity index is 0.000000260. The minimum atomic E-state index is -1.26. The zero-order chi connectivity index (χ0) is 19.1. The number of ether oxygens (including phenoxy) is 1. The van der Waals surface area contributed by atoms with Crippen molar-refractivity contribution >= 4 is 29.2 Å². The summed E-state index contributed by atoms with van der Waals surface area (Å²) in [5.41, 5.74) is 7.80. The fraction of sp³-hybridized carbons (Fsp3) is 0.111. The number of fused-ring (bicyclic) bond motifs is 2. The van der Waals surface area contributed by atoms with Gasteiger partial charge in [-0.25, -0.2) is 9.59 Å². The lowest BCUT2D eigenvalue weighted by molar-refractivity contribution is -0.134. The van der Waals surface area contributed by atoms with Crippen LogP contribution in [0.25, 0.3) is 0 Å². The van der Waals surface area contributed by atoms with Crippen molar-refractivity contribution in [1.29, 1.82) is 0 Å². The van der Waals surface area contributed by atoms with Crippen LogP contribution in [0.1, 0.15) is 11.6 Å². The van der Waals surface area contributed by atoms with E-state index in [1.807, 2.05) is 36.4 Å². The monoisotopic (exact) mass is 376 g/mol. The van der Waals surface area contributed by atoms with Gasteiger partial charge in [0.15, 0.2) is 5.75 Å². The molecule has 3 rings (SSSR count). The highest BCUT2D eigenvalue weighted by atomic mass is 35.5. The normalized spacial score (nSPS) is 14.6. The van der Waals surface area contributed by atoms with E-state index in [1.54, 1.807) is 6.07 Å². The Labute approximate surface area is 154 Å². The number of hydrogen-bond donors (Lipinski definition) is 4. The number of carboxylic acid groups (broad SMARTS) is 2. The molecule has 1 aliphatic rings. The summed E-state index contributed by atoms with van der Waals surface area (Å²) in [5, 5.41) is 19.7. The molecule has 0 aliphatic carbocycles. The van der Waals surface area contributed by atoms with Gasteiger partial charge in [0.1, 0.15) is 5.75 Å². The van der Waals surface area contributed by atoms with Gasteiger partial charge in [-0.3, -0.25) is 0 Å². The molecule has 26 heavy (non-hydrogen) atoms. The summed E-state index contributed by atoms with van der Waals surface area (Å²) in [4.78, 5) is 19.1. The summed E-state index contributed by atoms with van der Waals surface area (Å²) in [6.45, 7) is 0.502. The van der Waals surface area contributed by atoms with Crippen LogP contribution in [0.5, 0.6) is 11.5 Å². The molecule has 0 spiro atoms. The van der Waals surface area contributed by atoms with Gasteiger partial charge < -0.3 is 26.0 Å². The summed E-state index contributed by atoms with van der Waals surface area (Å²) < 4.78 is 5.91. The second kappa shape index (κ2) is 8.89.